The van der Waals surface area contributed by atoms with Crippen LogP contribution in [0.5, 0.6) is 0 Å². The zero-order valence-corrected chi connectivity index (χ0v) is 12.6. The highest BCUT2D eigenvalue weighted by atomic mass is 32.1. The van der Waals surface area contributed by atoms with Gasteiger partial charge in [0.15, 0.2) is 0 Å². The molecule has 3 heterocycles. The number of anilines is 1. The third kappa shape index (κ3) is 1.86. The first kappa shape index (κ1) is 13.3. The molecule has 0 radical (unpaired) electrons. The Labute approximate surface area is 121 Å². The Morgan fingerprint density at radius 2 is 2.20 bits per heavy atom. The number of carboxylic acids is 1. The molecular weight excluding hydrogens is 274 g/mol. The molecule has 1 aliphatic rings. The topological polar surface area (TPSA) is 66.3 Å². The molecule has 106 valence electrons. The zero-order chi connectivity index (χ0) is 14.4. The van der Waals surface area contributed by atoms with Gasteiger partial charge >= 0.3 is 5.97 Å². The van der Waals surface area contributed by atoms with Crippen molar-refractivity contribution in [2.45, 2.75) is 33.2 Å². The van der Waals surface area contributed by atoms with E-state index >= 15 is 0 Å². The molecule has 0 spiro atoms. The fraction of sp³-hybridized carbons (Fsp3) is 0.500. The van der Waals surface area contributed by atoms with Gasteiger partial charge in [0.05, 0.1) is 11.3 Å². The van der Waals surface area contributed by atoms with Crippen molar-refractivity contribution in [1.29, 1.82) is 0 Å². The third-order valence-electron chi connectivity index (χ3n) is 4.29. The Kier molecular flexibility index (Phi) is 3.12. The zero-order valence-electron chi connectivity index (χ0n) is 11.8. The predicted molar refractivity (Wildman–Crippen MR) is 79.4 cm³/mol. The maximum atomic E-state index is 11.3. The molecule has 2 aromatic heterocycles. The summed E-state index contributed by atoms with van der Waals surface area (Å²) in [7, 11) is 0. The van der Waals surface area contributed by atoms with E-state index in [2.05, 4.69) is 28.7 Å². The molecule has 2 unspecified atom stereocenters. The van der Waals surface area contributed by atoms with E-state index < -0.39 is 5.97 Å². The molecule has 1 fully saturated rings. The number of hydrogen-bond acceptors (Lipinski definition) is 5. The maximum absolute atomic E-state index is 11.3. The molecule has 3 rings (SSSR count). The summed E-state index contributed by atoms with van der Waals surface area (Å²) in [6, 6.07) is -0.0368. The van der Waals surface area contributed by atoms with Crippen molar-refractivity contribution in [3.05, 3.63) is 16.8 Å². The van der Waals surface area contributed by atoms with E-state index in [1.54, 1.807) is 17.7 Å². The van der Waals surface area contributed by atoms with Gasteiger partial charge in [-0.05, 0) is 32.8 Å². The molecule has 2 aromatic rings. The number of aliphatic carboxylic acids is 1. The summed E-state index contributed by atoms with van der Waals surface area (Å²) in [6.45, 7) is 6.86. The normalized spacial score (nSPS) is 22.6. The molecule has 2 atom stereocenters. The summed E-state index contributed by atoms with van der Waals surface area (Å²) < 4.78 is 0. The van der Waals surface area contributed by atoms with Gasteiger partial charge in [0.25, 0.3) is 0 Å². The van der Waals surface area contributed by atoms with Gasteiger partial charge in [0.2, 0.25) is 0 Å². The Morgan fingerprint density at radius 1 is 1.45 bits per heavy atom. The lowest BCUT2D eigenvalue weighted by Crippen LogP contribution is -2.33. The Balaban J connectivity index is 2.09. The van der Waals surface area contributed by atoms with Gasteiger partial charge in [-0.1, -0.05) is 0 Å². The molecule has 0 bridgehead atoms. The van der Waals surface area contributed by atoms with Gasteiger partial charge in [-0.3, -0.25) is 4.79 Å². The number of carbonyl (C=O) groups is 1. The predicted octanol–water partition coefficient (Wildman–Crippen LogP) is 2.61. The van der Waals surface area contributed by atoms with Gasteiger partial charge in [0.1, 0.15) is 17.0 Å². The fourth-order valence-electron chi connectivity index (χ4n) is 2.95. The number of carboxylic acid groups (broad SMARTS) is 1. The molecular formula is C14H17N3O2S. The van der Waals surface area contributed by atoms with Crippen LogP contribution >= 0.6 is 11.3 Å². The number of aryl methyl sites for hydroxylation is 2. The maximum Gasteiger partial charge on any atom is 0.308 e. The first-order valence-corrected chi connectivity index (χ1v) is 7.52. The van der Waals surface area contributed by atoms with E-state index in [4.69, 9.17) is 0 Å². The van der Waals surface area contributed by atoms with E-state index in [1.165, 1.54) is 10.4 Å². The van der Waals surface area contributed by atoms with Crippen molar-refractivity contribution < 1.29 is 9.90 Å². The van der Waals surface area contributed by atoms with Crippen LogP contribution in [0.4, 0.5) is 5.82 Å². The average molecular weight is 291 g/mol. The summed E-state index contributed by atoms with van der Waals surface area (Å²) >= 11 is 1.67. The van der Waals surface area contributed by atoms with E-state index in [9.17, 15) is 9.90 Å². The third-order valence-corrected chi connectivity index (χ3v) is 5.40. The number of nitrogens with zero attached hydrogens (tertiary/aromatic N) is 3. The minimum Gasteiger partial charge on any atom is -0.481 e. The van der Waals surface area contributed by atoms with E-state index in [-0.39, 0.29) is 12.0 Å². The van der Waals surface area contributed by atoms with Crippen molar-refractivity contribution in [2.24, 2.45) is 5.92 Å². The van der Waals surface area contributed by atoms with E-state index in [1.807, 2.05) is 6.92 Å². The molecule has 0 amide bonds. The quantitative estimate of drug-likeness (QED) is 0.921. The molecule has 5 nitrogen and oxygen atoms in total. The summed E-state index contributed by atoms with van der Waals surface area (Å²) in [5, 5.41) is 10.3. The fourth-order valence-corrected chi connectivity index (χ4v) is 3.94. The van der Waals surface area contributed by atoms with Crippen LogP contribution in [-0.4, -0.2) is 33.6 Å². The van der Waals surface area contributed by atoms with Crippen LogP contribution in [-0.2, 0) is 4.79 Å². The van der Waals surface area contributed by atoms with Crippen LogP contribution in [0.15, 0.2) is 6.33 Å². The lowest BCUT2D eigenvalue weighted by molar-refractivity contribution is -0.141. The monoisotopic (exact) mass is 291 g/mol. The summed E-state index contributed by atoms with van der Waals surface area (Å²) in [4.78, 5) is 24.4. The minimum atomic E-state index is -0.719. The summed E-state index contributed by atoms with van der Waals surface area (Å²) in [5.74, 6) is -0.156. The van der Waals surface area contributed by atoms with Crippen LogP contribution in [0.25, 0.3) is 10.2 Å². The minimum absolute atomic E-state index is 0.0368. The molecule has 20 heavy (non-hydrogen) atoms. The van der Waals surface area contributed by atoms with Crippen molar-refractivity contribution in [1.82, 2.24) is 9.97 Å². The standard InChI is InChI=1S/C14H17N3O2S/c1-7-9(3)20-13-11(7)12(15-6-16-13)17-5-4-10(8(17)2)14(18)19/h6,8,10H,4-5H2,1-3H3,(H,18,19). The largest absolute Gasteiger partial charge is 0.481 e. The van der Waals surface area contributed by atoms with Crippen LogP contribution in [0.3, 0.4) is 0 Å². The Morgan fingerprint density at radius 3 is 2.85 bits per heavy atom. The van der Waals surface area contributed by atoms with Gasteiger partial charge in [-0.15, -0.1) is 11.3 Å². The van der Waals surface area contributed by atoms with Crippen LogP contribution in [0.1, 0.15) is 23.8 Å². The van der Waals surface area contributed by atoms with Crippen LogP contribution < -0.4 is 4.90 Å². The lowest BCUT2D eigenvalue weighted by Gasteiger charge is -2.25. The molecule has 0 aliphatic carbocycles. The lowest BCUT2D eigenvalue weighted by atomic mass is 10.0. The van der Waals surface area contributed by atoms with Gasteiger partial charge in [0, 0.05) is 17.5 Å². The van der Waals surface area contributed by atoms with E-state index in [0.29, 0.717) is 6.42 Å². The van der Waals surface area contributed by atoms with Gasteiger partial charge in [-0.25, -0.2) is 9.97 Å². The van der Waals surface area contributed by atoms with Crippen molar-refractivity contribution in [3.63, 3.8) is 0 Å². The number of thiophene rings is 1. The van der Waals surface area contributed by atoms with Crippen LogP contribution in [0, 0.1) is 19.8 Å². The summed E-state index contributed by atoms with van der Waals surface area (Å²) in [6.07, 6.45) is 2.25. The highest BCUT2D eigenvalue weighted by Gasteiger charge is 2.37. The molecule has 6 heteroatoms. The van der Waals surface area contributed by atoms with Crippen molar-refractivity contribution in [2.75, 3.05) is 11.4 Å². The molecule has 1 N–H and O–H groups in total. The number of aromatic nitrogens is 2. The van der Waals surface area contributed by atoms with Crippen molar-refractivity contribution >= 4 is 33.3 Å². The Bertz CT molecular complexity index is 682. The van der Waals surface area contributed by atoms with E-state index in [0.717, 1.165) is 22.6 Å². The average Bonchev–Trinajstić information content (AvgIpc) is 2.91. The molecule has 1 aliphatic heterocycles. The van der Waals surface area contributed by atoms with Crippen LogP contribution in [0.2, 0.25) is 0 Å². The first-order valence-electron chi connectivity index (χ1n) is 6.71. The Hall–Kier alpha value is -1.69. The van der Waals surface area contributed by atoms with Gasteiger partial charge in [-0.2, -0.15) is 0 Å². The number of rotatable bonds is 2. The van der Waals surface area contributed by atoms with Crippen molar-refractivity contribution in [3.8, 4) is 0 Å². The number of hydrogen-bond donors (Lipinski definition) is 1. The highest BCUT2D eigenvalue weighted by Crippen LogP contribution is 2.37. The molecule has 0 aromatic carbocycles. The first-order chi connectivity index (χ1) is 9.50. The second kappa shape index (κ2) is 4.70. The second-order valence-corrected chi connectivity index (χ2v) is 6.53. The van der Waals surface area contributed by atoms with Gasteiger partial charge < -0.3 is 10.0 Å². The second-order valence-electron chi connectivity index (χ2n) is 5.33. The SMILES string of the molecule is Cc1sc2ncnc(N3CCC(C(=O)O)C3C)c2c1C. The summed E-state index contributed by atoms with van der Waals surface area (Å²) in [5.41, 5.74) is 1.20. The smallest absolute Gasteiger partial charge is 0.308 e. The highest BCUT2D eigenvalue weighted by molar-refractivity contribution is 7.18. The number of fused-ring (bicyclic) bond motifs is 1. The molecule has 0 saturated carbocycles. The molecule has 1 saturated heterocycles.